The fraction of sp³-hybridized carbons (Fsp3) is 0.286. The van der Waals surface area contributed by atoms with E-state index in [4.69, 9.17) is 15.5 Å². The Hall–Kier alpha value is -1.41. The van der Waals surface area contributed by atoms with E-state index in [9.17, 15) is 0 Å². The van der Waals surface area contributed by atoms with Gasteiger partial charge >= 0.3 is 0 Å². The summed E-state index contributed by atoms with van der Waals surface area (Å²) >= 11 is 2.20. The van der Waals surface area contributed by atoms with Gasteiger partial charge in [-0.05, 0) is 22.6 Å². The number of nitrogens with zero attached hydrogens (tertiary/aromatic N) is 3. The molecule has 0 atom stereocenters. The first-order chi connectivity index (χ1) is 9.75. The molecule has 0 saturated carbocycles. The minimum atomic E-state index is 0.529. The predicted octanol–water partition coefficient (Wildman–Crippen LogP) is 2.17. The van der Waals surface area contributed by atoms with Crippen molar-refractivity contribution in [1.29, 1.82) is 0 Å². The van der Waals surface area contributed by atoms with Crippen molar-refractivity contribution in [1.82, 2.24) is 9.97 Å². The Labute approximate surface area is 131 Å². The molecule has 3 rings (SSSR count). The summed E-state index contributed by atoms with van der Waals surface area (Å²) in [5.74, 6) is 1.21. The predicted molar refractivity (Wildman–Crippen MR) is 87.6 cm³/mol. The van der Waals surface area contributed by atoms with Gasteiger partial charge in [-0.15, -0.1) is 0 Å². The number of nitrogen functional groups attached to an aromatic ring is 1. The van der Waals surface area contributed by atoms with Crippen molar-refractivity contribution in [2.75, 3.05) is 36.9 Å². The van der Waals surface area contributed by atoms with Crippen LogP contribution in [0, 0.1) is 3.57 Å². The third-order valence-corrected chi connectivity index (χ3v) is 4.27. The summed E-state index contributed by atoms with van der Waals surface area (Å²) in [5.41, 5.74) is 7.99. The Kier molecular flexibility index (Phi) is 4.02. The second kappa shape index (κ2) is 5.92. The topological polar surface area (TPSA) is 64.3 Å². The summed E-state index contributed by atoms with van der Waals surface area (Å²) in [6.45, 7) is 3.01. The summed E-state index contributed by atoms with van der Waals surface area (Å²) in [6, 6.07) is 10.1. The molecule has 0 aliphatic carbocycles. The van der Waals surface area contributed by atoms with Crippen LogP contribution in [0.25, 0.3) is 11.3 Å². The quantitative estimate of drug-likeness (QED) is 0.807. The van der Waals surface area contributed by atoms with Gasteiger partial charge < -0.3 is 15.4 Å². The summed E-state index contributed by atoms with van der Waals surface area (Å²) in [6.07, 6.45) is 0. The van der Waals surface area contributed by atoms with Gasteiger partial charge in [0.05, 0.1) is 22.5 Å². The molecule has 2 aromatic rings. The van der Waals surface area contributed by atoms with Crippen LogP contribution in [0.1, 0.15) is 0 Å². The van der Waals surface area contributed by atoms with Crippen LogP contribution >= 0.6 is 22.6 Å². The molecule has 1 saturated heterocycles. The molecule has 0 radical (unpaired) electrons. The Bertz CT molecular complexity index is 600. The van der Waals surface area contributed by atoms with Crippen LogP contribution in [-0.2, 0) is 4.74 Å². The number of hydrogen-bond donors (Lipinski definition) is 1. The first-order valence-corrected chi connectivity index (χ1v) is 7.54. The monoisotopic (exact) mass is 382 g/mol. The Morgan fingerprint density at radius 2 is 1.80 bits per heavy atom. The maximum Gasteiger partial charge on any atom is 0.228 e. The fourth-order valence-corrected chi connectivity index (χ4v) is 2.70. The lowest BCUT2D eigenvalue weighted by molar-refractivity contribution is 0.122. The van der Waals surface area contributed by atoms with Crippen molar-refractivity contribution in [2.24, 2.45) is 0 Å². The number of rotatable bonds is 2. The lowest BCUT2D eigenvalue weighted by Crippen LogP contribution is -2.37. The van der Waals surface area contributed by atoms with E-state index in [0.29, 0.717) is 25.0 Å². The van der Waals surface area contributed by atoms with Crippen LogP contribution < -0.4 is 10.6 Å². The third kappa shape index (κ3) is 2.71. The maximum absolute atomic E-state index is 6.05. The van der Waals surface area contributed by atoms with E-state index in [1.54, 1.807) is 0 Å². The molecular formula is C14H15IN4O. The second-order valence-electron chi connectivity index (χ2n) is 4.54. The number of ether oxygens (including phenoxy) is 1. The highest BCUT2D eigenvalue weighted by Crippen LogP contribution is 2.28. The number of aromatic nitrogens is 2. The van der Waals surface area contributed by atoms with Crippen molar-refractivity contribution < 1.29 is 4.74 Å². The highest BCUT2D eigenvalue weighted by Gasteiger charge is 2.18. The molecule has 1 aliphatic heterocycles. The van der Waals surface area contributed by atoms with E-state index in [-0.39, 0.29) is 0 Å². The normalized spacial score (nSPS) is 15.3. The molecule has 0 spiro atoms. The van der Waals surface area contributed by atoms with Gasteiger partial charge in [-0.3, -0.25) is 0 Å². The van der Waals surface area contributed by atoms with Gasteiger partial charge in [0.25, 0.3) is 0 Å². The lowest BCUT2D eigenvalue weighted by atomic mass is 10.1. The second-order valence-corrected chi connectivity index (χ2v) is 5.62. The molecule has 2 N–H and O–H groups in total. The highest BCUT2D eigenvalue weighted by molar-refractivity contribution is 14.1. The zero-order valence-corrected chi connectivity index (χ0v) is 13.1. The van der Waals surface area contributed by atoms with Crippen LogP contribution in [0.4, 0.5) is 11.8 Å². The Balaban J connectivity index is 2.03. The molecule has 20 heavy (non-hydrogen) atoms. The summed E-state index contributed by atoms with van der Waals surface area (Å²) in [7, 11) is 0. The summed E-state index contributed by atoms with van der Waals surface area (Å²) in [5, 5.41) is 0. The molecule has 6 heteroatoms. The molecule has 2 heterocycles. The van der Waals surface area contributed by atoms with E-state index >= 15 is 0 Å². The third-order valence-electron chi connectivity index (χ3n) is 3.21. The van der Waals surface area contributed by atoms with Gasteiger partial charge in [-0.25, -0.2) is 4.98 Å². The van der Waals surface area contributed by atoms with E-state index in [0.717, 1.165) is 27.9 Å². The standard InChI is InChI=1S/C14H15IN4O/c15-11-12(10-4-2-1-3-5-10)17-14(18-13(11)16)19-6-8-20-9-7-19/h1-5H,6-9H2,(H2,16,17,18). The molecule has 1 aromatic heterocycles. The zero-order chi connectivity index (χ0) is 13.9. The number of hydrogen-bond acceptors (Lipinski definition) is 5. The van der Waals surface area contributed by atoms with Crippen LogP contribution in [0.15, 0.2) is 30.3 Å². The number of benzene rings is 1. The molecule has 1 fully saturated rings. The molecule has 0 unspecified atom stereocenters. The average Bonchev–Trinajstić information content (AvgIpc) is 2.51. The largest absolute Gasteiger partial charge is 0.383 e. The van der Waals surface area contributed by atoms with Crippen LogP contribution in [0.3, 0.4) is 0 Å². The Morgan fingerprint density at radius 3 is 2.50 bits per heavy atom. The van der Waals surface area contributed by atoms with Crippen molar-refractivity contribution in [2.45, 2.75) is 0 Å². The van der Waals surface area contributed by atoms with Crippen LogP contribution in [0.5, 0.6) is 0 Å². The number of anilines is 2. The maximum atomic E-state index is 6.05. The van der Waals surface area contributed by atoms with E-state index < -0.39 is 0 Å². The number of halogens is 1. The van der Waals surface area contributed by atoms with Gasteiger partial charge in [-0.1, -0.05) is 30.3 Å². The molecule has 104 valence electrons. The van der Waals surface area contributed by atoms with E-state index in [1.165, 1.54) is 0 Å². The van der Waals surface area contributed by atoms with Gasteiger partial charge in [-0.2, -0.15) is 4.98 Å². The van der Waals surface area contributed by atoms with Crippen LogP contribution in [0.2, 0.25) is 0 Å². The summed E-state index contributed by atoms with van der Waals surface area (Å²) < 4.78 is 6.25. The minimum Gasteiger partial charge on any atom is -0.383 e. The van der Waals surface area contributed by atoms with Crippen molar-refractivity contribution in [3.05, 3.63) is 33.9 Å². The highest BCUT2D eigenvalue weighted by atomic mass is 127. The summed E-state index contributed by atoms with van der Waals surface area (Å²) in [4.78, 5) is 11.2. The van der Waals surface area contributed by atoms with Gasteiger partial charge in [0, 0.05) is 18.7 Å². The first kappa shape index (κ1) is 13.6. The lowest BCUT2D eigenvalue weighted by Gasteiger charge is -2.27. The molecular weight excluding hydrogens is 367 g/mol. The van der Waals surface area contributed by atoms with Crippen molar-refractivity contribution in [3.8, 4) is 11.3 Å². The molecule has 0 amide bonds. The minimum absolute atomic E-state index is 0.529. The van der Waals surface area contributed by atoms with Crippen LogP contribution in [-0.4, -0.2) is 36.3 Å². The van der Waals surface area contributed by atoms with Crippen molar-refractivity contribution in [3.63, 3.8) is 0 Å². The van der Waals surface area contributed by atoms with Gasteiger partial charge in [0.2, 0.25) is 5.95 Å². The molecule has 1 aliphatic rings. The smallest absolute Gasteiger partial charge is 0.228 e. The first-order valence-electron chi connectivity index (χ1n) is 6.47. The SMILES string of the molecule is Nc1nc(N2CCOCC2)nc(-c2ccccc2)c1I. The van der Waals surface area contributed by atoms with Gasteiger partial charge in [0.1, 0.15) is 5.82 Å². The number of nitrogens with two attached hydrogens (primary N) is 1. The van der Waals surface area contributed by atoms with Gasteiger partial charge in [0.15, 0.2) is 0 Å². The average molecular weight is 382 g/mol. The van der Waals surface area contributed by atoms with Crippen molar-refractivity contribution >= 4 is 34.4 Å². The van der Waals surface area contributed by atoms with E-state index in [2.05, 4.69) is 32.5 Å². The molecule has 0 bridgehead atoms. The Morgan fingerprint density at radius 1 is 1.10 bits per heavy atom. The van der Waals surface area contributed by atoms with E-state index in [1.807, 2.05) is 30.3 Å². The zero-order valence-electron chi connectivity index (χ0n) is 10.9. The number of morpholine rings is 1. The molecule has 5 nitrogen and oxygen atoms in total. The molecule has 1 aromatic carbocycles. The fourth-order valence-electron chi connectivity index (χ4n) is 2.14.